The van der Waals surface area contributed by atoms with Gasteiger partial charge in [-0.25, -0.2) is 0 Å². The lowest BCUT2D eigenvalue weighted by molar-refractivity contribution is -0.121. The Morgan fingerprint density at radius 2 is 2.11 bits per heavy atom. The maximum atomic E-state index is 11.7. The van der Waals surface area contributed by atoms with E-state index in [9.17, 15) is 4.79 Å². The molecule has 0 bridgehead atoms. The predicted molar refractivity (Wildman–Crippen MR) is 71.2 cm³/mol. The van der Waals surface area contributed by atoms with Crippen molar-refractivity contribution in [3.8, 4) is 0 Å². The first kappa shape index (κ1) is 11.2. The summed E-state index contributed by atoms with van der Waals surface area (Å²) < 4.78 is 0. The summed E-state index contributed by atoms with van der Waals surface area (Å²) in [6.45, 7) is 0. The highest BCUT2D eigenvalue weighted by molar-refractivity contribution is 5.83. The molecule has 2 aromatic rings. The van der Waals surface area contributed by atoms with Crippen LogP contribution < -0.4 is 5.32 Å². The van der Waals surface area contributed by atoms with Crippen LogP contribution in [0.15, 0.2) is 36.5 Å². The molecule has 1 aromatic heterocycles. The molecule has 1 aliphatic rings. The van der Waals surface area contributed by atoms with Gasteiger partial charge in [0.15, 0.2) is 0 Å². The van der Waals surface area contributed by atoms with E-state index in [-0.39, 0.29) is 5.91 Å². The summed E-state index contributed by atoms with van der Waals surface area (Å²) in [6.07, 6.45) is 5.44. The summed E-state index contributed by atoms with van der Waals surface area (Å²) in [5.41, 5.74) is 2.20. The van der Waals surface area contributed by atoms with Crippen LogP contribution in [0, 0.1) is 0 Å². The minimum Gasteiger partial charge on any atom is -0.353 e. The lowest BCUT2D eigenvalue weighted by Gasteiger charge is -2.06. The molecule has 0 spiro atoms. The zero-order valence-electron chi connectivity index (χ0n) is 10.2. The summed E-state index contributed by atoms with van der Waals surface area (Å²) in [7, 11) is 0. The second-order valence-electron chi connectivity index (χ2n) is 4.83. The van der Waals surface area contributed by atoms with E-state index in [1.54, 1.807) is 0 Å². The Hall–Kier alpha value is -1.90. The van der Waals surface area contributed by atoms with E-state index in [2.05, 4.69) is 16.4 Å². The van der Waals surface area contributed by atoms with Gasteiger partial charge in [0.25, 0.3) is 0 Å². The number of aromatic nitrogens is 1. The molecule has 3 nitrogen and oxygen atoms in total. The number of hydrogen-bond donors (Lipinski definition) is 1. The van der Waals surface area contributed by atoms with Crippen LogP contribution >= 0.6 is 0 Å². The Bertz CT molecular complexity index is 570. The van der Waals surface area contributed by atoms with Crippen molar-refractivity contribution in [2.75, 3.05) is 0 Å². The fourth-order valence-corrected chi connectivity index (χ4v) is 2.15. The highest BCUT2D eigenvalue weighted by Crippen LogP contribution is 2.20. The van der Waals surface area contributed by atoms with Crippen LogP contribution in [0.5, 0.6) is 0 Å². The molecule has 0 saturated heterocycles. The van der Waals surface area contributed by atoms with Crippen molar-refractivity contribution in [1.29, 1.82) is 0 Å². The van der Waals surface area contributed by atoms with E-state index in [0.29, 0.717) is 12.5 Å². The number of fused-ring (bicyclic) bond motifs is 1. The van der Waals surface area contributed by atoms with E-state index in [0.717, 1.165) is 30.2 Å². The van der Waals surface area contributed by atoms with E-state index in [1.807, 2.05) is 30.5 Å². The number of nitrogens with zero attached hydrogens (tertiary/aromatic N) is 1. The van der Waals surface area contributed by atoms with Crippen LogP contribution in [0.1, 0.15) is 24.8 Å². The molecule has 1 saturated carbocycles. The molecule has 18 heavy (non-hydrogen) atoms. The van der Waals surface area contributed by atoms with Crippen LogP contribution in [0.2, 0.25) is 0 Å². The van der Waals surface area contributed by atoms with Crippen molar-refractivity contribution in [1.82, 2.24) is 10.3 Å². The Balaban J connectivity index is 1.71. The van der Waals surface area contributed by atoms with Gasteiger partial charge in [-0.3, -0.25) is 9.78 Å². The molecule has 1 N–H and O–H groups in total. The monoisotopic (exact) mass is 240 g/mol. The topological polar surface area (TPSA) is 42.0 Å². The summed E-state index contributed by atoms with van der Waals surface area (Å²) in [6, 6.07) is 10.5. The van der Waals surface area contributed by atoms with Gasteiger partial charge >= 0.3 is 0 Å². The molecule has 1 heterocycles. The maximum absolute atomic E-state index is 11.7. The SMILES string of the molecule is O=C(CCc1ccnc2ccccc12)NC1CC1. The summed E-state index contributed by atoms with van der Waals surface area (Å²) >= 11 is 0. The number of carbonyl (C=O) groups is 1. The standard InChI is InChI=1S/C15H16N2O/c18-15(17-12-6-7-12)8-5-11-9-10-16-14-4-2-1-3-13(11)14/h1-4,9-10,12H,5-8H2,(H,17,18). The van der Waals surface area contributed by atoms with Crippen molar-refractivity contribution in [2.45, 2.75) is 31.7 Å². The zero-order chi connectivity index (χ0) is 12.4. The number of pyridine rings is 1. The van der Waals surface area contributed by atoms with Crippen molar-refractivity contribution >= 4 is 16.8 Å². The van der Waals surface area contributed by atoms with E-state index >= 15 is 0 Å². The van der Waals surface area contributed by atoms with Gasteiger partial charge in [-0.15, -0.1) is 0 Å². The molecule has 3 rings (SSSR count). The summed E-state index contributed by atoms with van der Waals surface area (Å²) in [4.78, 5) is 16.0. The average molecular weight is 240 g/mol. The molecular weight excluding hydrogens is 224 g/mol. The molecule has 3 heteroatoms. The highest BCUT2D eigenvalue weighted by atomic mass is 16.1. The number of carbonyl (C=O) groups excluding carboxylic acids is 1. The highest BCUT2D eigenvalue weighted by Gasteiger charge is 2.22. The van der Waals surface area contributed by atoms with Crippen LogP contribution in [0.4, 0.5) is 0 Å². The van der Waals surface area contributed by atoms with Crippen molar-refractivity contribution < 1.29 is 4.79 Å². The second-order valence-corrected chi connectivity index (χ2v) is 4.83. The molecule has 0 atom stereocenters. The van der Waals surface area contributed by atoms with Gasteiger partial charge in [0.1, 0.15) is 0 Å². The maximum Gasteiger partial charge on any atom is 0.220 e. The molecule has 92 valence electrons. The number of amides is 1. The van der Waals surface area contributed by atoms with Gasteiger partial charge in [-0.1, -0.05) is 18.2 Å². The summed E-state index contributed by atoms with van der Waals surface area (Å²) in [5, 5.41) is 4.17. The molecule has 1 amide bonds. The van der Waals surface area contributed by atoms with Crippen LogP contribution in [0.25, 0.3) is 10.9 Å². The molecular formula is C15H16N2O. The quantitative estimate of drug-likeness (QED) is 0.892. The molecule has 1 aromatic carbocycles. The minimum absolute atomic E-state index is 0.165. The smallest absolute Gasteiger partial charge is 0.220 e. The van der Waals surface area contributed by atoms with E-state index < -0.39 is 0 Å². The fraction of sp³-hybridized carbons (Fsp3) is 0.333. The second kappa shape index (κ2) is 4.77. The van der Waals surface area contributed by atoms with E-state index in [4.69, 9.17) is 0 Å². The van der Waals surface area contributed by atoms with Crippen LogP contribution in [0.3, 0.4) is 0 Å². The van der Waals surface area contributed by atoms with Gasteiger partial charge in [0.05, 0.1) is 5.52 Å². The Morgan fingerprint density at radius 3 is 2.94 bits per heavy atom. The number of para-hydroxylation sites is 1. The number of hydrogen-bond acceptors (Lipinski definition) is 2. The number of rotatable bonds is 4. The molecule has 1 aliphatic carbocycles. The molecule has 0 aliphatic heterocycles. The molecule has 1 fully saturated rings. The average Bonchev–Trinajstić information content (AvgIpc) is 3.20. The molecule has 0 radical (unpaired) electrons. The fourth-order valence-electron chi connectivity index (χ4n) is 2.15. The number of nitrogens with one attached hydrogen (secondary N) is 1. The van der Waals surface area contributed by atoms with E-state index in [1.165, 1.54) is 5.56 Å². The van der Waals surface area contributed by atoms with Gasteiger partial charge in [-0.05, 0) is 37.0 Å². The number of aryl methyl sites for hydroxylation is 1. The number of benzene rings is 1. The van der Waals surface area contributed by atoms with Gasteiger partial charge < -0.3 is 5.32 Å². The van der Waals surface area contributed by atoms with Crippen molar-refractivity contribution in [3.63, 3.8) is 0 Å². The van der Waals surface area contributed by atoms with Crippen LogP contribution in [-0.2, 0) is 11.2 Å². The first-order valence-corrected chi connectivity index (χ1v) is 6.45. The van der Waals surface area contributed by atoms with Gasteiger partial charge in [-0.2, -0.15) is 0 Å². The minimum atomic E-state index is 0.165. The largest absolute Gasteiger partial charge is 0.353 e. The lowest BCUT2D eigenvalue weighted by atomic mass is 10.0. The molecule has 0 unspecified atom stereocenters. The van der Waals surface area contributed by atoms with Crippen LogP contribution in [-0.4, -0.2) is 16.9 Å². The normalized spacial score (nSPS) is 14.7. The van der Waals surface area contributed by atoms with Crippen molar-refractivity contribution in [2.24, 2.45) is 0 Å². The van der Waals surface area contributed by atoms with Gasteiger partial charge in [0, 0.05) is 24.0 Å². The lowest BCUT2D eigenvalue weighted by Crippen LogP contribution is -2.25. The Morgan fingerprint density at radius 1 is 1.28 bits per heavy atom. The first-order chi connectivity index (χ1) is 8.83. The van der Waals surface area contributed by atoms with Crippen molar-refractivity contribution in [3.05, 3.63) is 42.1 Å². The predicted octanol–water partition coefficient (Wildman–Crippen LogP) is 2.45. The summed E-state index contributed by atoms with van der Waals surface area (Å²) in [5.74, 6) is 0.165. The Kier molecular flexibility index (Phi) is 2.97. The van der Waals surface area contributed by atoms with Gasteiger partial charge in [0.2, 0.25) is 5.91 Å². The third kappa shape index (κ3) is 2.50. The third-order valence-electron chi connectivity index (χ3n) is 3.30. The first-order valence-electron chi connectivity index (χ1n) is 6.45. The Labute approximate surface area is 106 Å². The zero-order valence-corrected chi connectivity index (χ0v) is 10.2. The third-order valence-corrected chi connectivity index (χ3v) is 3.30.